The van der Waals surface area contributed by atoms with Crippen LogP contribution in [0.4, 0.5) is 5.95 Å². The van der Waals surface area contributed by atoms with E-state index < -0.39 is 0 Å². The molecule has 7 nitrogen and oxygen atoms in total. The van der Waals surface area contributed by atoms with Crippen LogP contribution in [0, 0.1) is 6.10 Å². The van der Waals surface area contributed by atoms with Crippen molar-refractivity contribution in [3.8, 4) is 16.5 Å². The summed E-state index contributed by atoms with van der Waals surface area (Å²) in [6.07, 6.45) is 4.83. The van der Waals surface area contributed by atoms with Gasteiger partial charge in [0.25, 0.3) is 6.01 Å². The minimum atomic E-state index is 0. The molecule has 0 aliphatic carbocycles. The minimum absolute atomic E-state index is 0. The second-order valence-corrected chi connectivity index (χ2v) is 9.18. The molecule has 2 N–H and O–H groups in total. The Morgan fingerprint density at radius 1 is 1.21 bits per heavy atom. The van der Waals surface area contributed by atoms with E-state index in [9.17, 15) is 0 Å². The Hall–Kier alpha value is -3.97. The topological polar surface area (TPSA) is 76.4 Å². The molecule has 33 heavy (non-hydrogen) atoms. The van der Waals surface area contributed by atoms with Gasteiger partial charge in [-0.2, -0.15) is 19.6 Å². The molecule has 0 atom stereocenters. The van der Waals surface area contributed by atoms with E-state index >= 15 is 0 Å². The first-order valence-corrected chi connectivity index (χ1v) is 11.9. The van der Waals surface area contributed by atoms with Crippen LogP contribution in [0.2, 0.25) is 0 Å². The Morgan fingerprint density at radius 3 is 2.85 bits per heavy atom. The zero-order chi connectivity index (χ0) is 21.9. The molecule has 1 aromatic carbocycles. The number of rotatable bonds is 7. The van der Waals surface area contributed by atoms with Crippen molar-refractivity contribution < 1.29 is 4.74 Å². The molecule has 0 spiro atoms. The van der Waals surface area contributed by atoms with Crippen LogP contribution >= 0.6 is 11.3 Å². The number of piperidine rings is 1. The maximum absolute atomic E-state index is 6.10. The monoisotopic (exact) mass is 709 g/mol. The van der Waals surface area contributed by atoms with Gasteiger partial charge in [-0.25, -0.2) is 0 Å². The summed E-state index contributed by atoms with van der Waals surface area (Å²) >= 11 is 1.74. The van der Waals surface area contributed by atoms with Gasteiger partial charge in [0.2, 0.25) is 5.95 Å². The quantitative estimate of drug-likeness (QED) is 0.267. The minimum Gasteiger partial charge on any atom is -0.630 e. The van der Waals surface area contributed by atoms with Crippen LogP contribution in [0.5, 0.6) is 6.01 Å². The van der Waals surface area contributed by atoms with Crippen molar-refractivity contribution >= 4 is 22.9 Å². The van der Waals surface area contributed by atoms with Crippen molar-refractivity contribution in [2.24, 2.45) is 0 Å². The van der Waals surface area contributed by atoms with Gasteiger partial charge in [-0.3, -0.25) is 0 Å². The van der Waals surface area contributed by atoms with Gasteiger partial charge in [0.05, 0.1) is 6.20 Å². The number of nitrogens with zero attached hydrogens (tertiary/aromatic N) is 4. The van der Waals surface area contributed by atoms with Crippen molar-refractivity contribution in [2.75, 3.05) is 18.4 Å². The van der Waals surface area contributed by atoms with E-state index in [0.29, 0.717) is 24.4 Å². The van der Waals surface area contributed by atoms with E-state index in [2.05, 4.69) is 76.3 Å². The van der Waals surface area contributed by atoms with Gasteiger partial charge in [-0.1, -0.05) is 57.1 Å². The van der Waals surface area contributed by atoms with Gasteiger partial charge in [0.15, 0.2) is 5.65 Å². The molecule has 4 aromatic rings. The molecule has 1 fully saturated rings. The predicted octanol–water partition coefficient (Wildman–Crippen LogP) is 4.88. The fourth-order valence-corrected chi connectivity index (χ4v) is 4.69. The molecular formula is C24H27LrN6OS-. The predicted molar refractivity (Wildman–Crippen MR) is 128 cm³/mol. The molecule has 0 amide bonds. The summed E-state index contributed by atoms with van der Waals surface area (Å²) < 4.78 is 7.87. The number of hydrogen-bond donors (Lipinski definition) is 2. The van der Waals surface area contributed by atoms with Gasteiger partial charge in [0, 0.05) is 17.0 Å². The molecule has 0 unspecified atom stereocenters. The van der Waals surface area contributed by atoms with Crippen LogP contribution in [-0.2, 0) is 6.54 Å². The molecule has 1 saturated heterocycles. The number of ether oxygens (including phenoxy) is 1. The SMILES string of the molecule is CC(C)c1cnn2c(NCc3ccccc3-c3cccs3)nc(O[C-]3CCCNC3)nc12.[Lr]. The molecule has 3 aromatic heterocycles. The second kappa shape index (κ2) is 9.67. The second-order valence-electron chi connectivity index (χ2n) is 8.23. The molecule has 4 heterocycles. The Balaban J connectivity index is 0.00000259. The molecule has 0 saturated carbocycles. The van der Waals surface area contributed by atoms with Gasteiger partial charge in [-0.15, -0.1) is 23.9 Å². The van der Waals surface area contributed by atoms with E-state index in [1.54, 1.807) is 15.9 Å². The maximum Gasteiger partial charge on any atom is 0.289 e. The van der Waals surface area contributed by atoms with Crippen LogP contribution in [0.15, 0.2) is 48.0 Å². The van der Waals surface area contributed by atoms with E-state index in [1.165, 1.54) is 16.0 Å². The van der Waals surface area contributed by atoms with Gasteiger partial charge >= 0.3 is 0 Å². The third-order valence-electron chi connectivity index (χ3n) is 5.60. The smallest absolute Gasteiger partial charge is 0.289 e. The number of benzene rings is 1. The molecule has 1 aliphatic rings. The summed E-state index contributed by atoms with van der Waals surface area (Å²) in [7, 11) is 0. The fraction of sp³-hybridized carbons (Fsp3) is 0.333. The average Bonchev–Trinajstić information content (AvgIpc) is 3.49. The van der Waals surface area contributed by atoms with Crippen LogP contribution in [0.3, 0.4) is 0 Å². The summed E-state index contributed by atoms with van der Waals surface area (Å²) in [5.74, 6) is 0.925. The zero-order valence-electron chi connectivity index (χ0n) is 18.6. The zero-order valence-corrected chi connectivity index (χ0v) is 21.6. The molecule has 0 bridgehead atoms. The van der Waals surface area contributed by atoms with Crippen LogP contribution in [0.25, 0.3) is 16.1 Å². The standard InChI is InChI=1S/C24H27N6OS.Lr/c1-16(2)20-15-27-30-22(20)28-24(31-18-8-5-11-25-14-18)29-23(30)26-13-17-7-3-4-9-19(17)21-10-6-12-32-21;/h3-4,6-7,9-10,12,15-16,25H,5,8,11,13-14H2,1-2H3,(H,26,28,29);/q-1;. The molecule has 1 aliphatic heterocycles. The molecule has 1 radical (unpaired) electrons. The Kier molecular flexibility index (Phi) is 6.51. The Labute approximate surface area is 191 Å². The molecule has 181 valence electrons. The normalized spacial score (nSPS) is 14.4. The van der Waals surface area contributed by atoms with Crippen molar-refractivity contribution in [1.82, 2.24) is 24.9 Å². The molecule has 9 heteroatoms. The first kappa shape index (κ1) is 22.2. The summed E-state index contributed by atoms with van der Waals surface area (Å²) in [5.41, 5.74) is 4.28. The first-order valence-electron chi connectivity index (χ1n) is 11.0. The van der Waals surface area contributed by atoms with Crippen molar-refractivity contribution in [3.05, 3.63) is 65.2 Å². The molecular weight excluding hydrogens is 682 g/mol. The third kappa shape index (κ3) is 4.63. The number of fused-ring (bicyclic) bond motifs is 1. The summed E-state index contributed by atoms with van der Waals surface area (Å²) in [5, 5.41) is 13.5. The summed E-state index contributed by atoms with van der Waals surface area (Å²) in [6, 6.07) is 13.0. The van der Waals surface area contributed by atoms with E-state index in [4.69, 9.17) is 9.72 Å². The first-order chi connectivity index (χ1) is 15.7. The van der Waals surface area contributed by atoms with E-state index in [0.717, 1.165) is 43.2 Å². The Morgan fingerprint density at radius 2 is 2.09 bits per heavy atom. The van der Waals surface area contributed by atoms with Crippen molar-refractivity contribution in [2.45, 2.75) is 39.2 Å². The Bertz CT molecular complexity index is 1190. The van der Waals surface area contributed by atoms with Crippen LogP contribution in [-0.4, -0.2) is 32.7 Å². The van der Waals surface area contributed by atoms with E-state index in [1.807, 2.05) is 6.20 Å². The number of aromatic nitrogens is 4. The van der Waals surface area contributed by atoms with Gasteiger partial charge < -0.3 is 15.4 Å². The van der Waals surface area contributed by atoms with Crippen molar-refractivity contribution in [3.63, 3.8) is 0 Å². The average molecular weight is 710 g/mol. The number of nitrogens with one attached hydrogen (secondary N) is 2. The van der Waals surface area contributed by atoms with Crippen LogP contribution < -0.4 is 15.4 Å². The number of anilines is 1. The number of thiophene rings is 1. The summed E-state index contributed by atoms with van der Waals surface area (Å²) in [6.45, 7) is 6.66. The molecule has 5 rings (SSSR count). The largest absolute Gasteiger partial charge is 0.630 e. The maximum atomic E-state index is 6.10. The van der Waals surface area contributed by atoms with Crippen molar-refractivity contribution in [1.29, 1.82) is 0 Å². The van der Waals surface area contributed by atoms with Gasteiger partial charge in [-0.05, 0) is 35.0 Å². The fourth-order valence-electron chi connectivity index (χ4n) is 3.91. The third-order valence-corrected chi connectivity index (χ3v) is 6.51. The van der Waals surface area contributed by atoms with E-state index in [-0.39, 0.29) is 0 Å². The van der Waals surface area contributed by atoms with Gasteiger partial charge in [0.1, 0.15) is 0 Å². The van der Waals surface area contributed by atoms with Crippen LogP contribution in [0.1, 0.15) is 43.7 Å². The summed E-state index contributed by atoms with van der Waals surface area (Å²) in [4.78, 5) is 10.6. The number of hydrogen-bond acceptors (Lipinski definition) is 7.